The van der Waals surface area contributed by atoms with E-state index in [1.54, 1.807) is 6.07 Å². The smallest absolute Gasteiger partial charge is 0.233 e. The van der Waals surface area contributed by atoms with E-state index in [-0.39, 0.29) is 5.75 Å². The first-order chi connectivity index (χ1) is 6.94. The molecule has 0 radical (unpaired) electrons. The topological polar surface area (TPSA) is 59.1 Å². The van der Waals surface area contributed by atoms with Crippen LogP contribution >= 0.6 is 22.6 Å². The molecule has 0 aromatic carbocycles. The van der Waals surface area contributed by atoms with Crippen molar-refractivity contribution in [1.82, 2.24) is 4.98 Å². The lowest BCUT2D eigenvalue weighted by Gasteiger charge is -2.07. The number of hydrogen-bond acceptors (Lipinski definition) is 3. The van der Waals surface area contributed by atoms with Crippen LogP contribution in [-0.2, 0) is 10.0 Å². The van der Waals surface area contributed by atoms with Gasteiger partial charge in [-0.1, -0.05) is 6.92 Å². The minimum Gasteiger partial charge on any atom is -0.267 e. The largest absolute Gasteiger partial charge is 0.267 e. The van der Waals surface area contributed by atoms with E-state index in [9.17, 15) is 8.42 Å². The molecular weight excluding hydrogens is 327 g/mol. The van der Waals surface area contributed by atoms with E-state index >= 15 is 0 Å². The standard InChI is InChI=1S/C9H13IN2O2S/c1-3-6-15(13,14)12-9-5-4-8(10)7(2)11-9/h4-5H,3,6H2,1-2H3,(H,11,12). The number of halogens is 1. The molecule has 0 aliphatic rings. The molecule has 1 aromatic heterocycles. The van der Waals surface area contributed by atoms with Crippen LogP contribution in [0.25, 0.3) is 0 Å². The lowest BCUT2D eigenvalue weighted by Crippen LogP contribution is -2.17. The highest BCUT2D eigenvalue weighted by molar-refractivity contribution is 14.1. The molecule has 84 valence electrons. The second kappa shape index (κ2) is 5.11. The first-order valence-electron chi connectivity index (χ1n) is 4.58. The van der Waals surface area contributed by atoms with Gasteiger partial charge in [-0.25, -0.2) is 13.4 Å². The summed E-state index contributed by atoms with van der Waals surface area (Å²) in [7, 11) is -3.23. The van der Waals surface area contributed by atoms with Crippen LogP contribution in [0.15, 0.2) is 12.1 Å². The SMILES string of the molecule is CCCS(=O)(=O)Nc1ccc(I)c(C)n1. The number of nitrogens with zero attached hydrogens (tertiary/aromatic N) is 1. The highest BCUT2D eigenvalue weighted by Crippen LogP contribution is 2.13. The number of sulfonamides is 1. The van der Waals surface area contributed by atoms with Gasteiger partial charge in [0.1, 0.15) is 5.82 Å². The molecule has 0 aliphatic heterocycles. The quantitative estimate of drug-likeness (QED) is 0.855. The molecule has 1 heterocycles. The minimum absolute atomic E-state index is 0.125. The maximum Gasteiger partial charge on any atom is 0.233 e. The normalized spacial score (nSPS) is 11.4. The van der Waals surface area contributed by atoms with E-state index in [2.05, 4.69) is 32.3 Å². The third-order valence-corrected chi connectivity index (χ3v) is 4.36. The number of aromatic nitrogens is 1. The predicted octanol–water partition coefficient (Wildman–Crippen LogP) is 2.15. The van der Waals surface area contributed by atoms with Crippen LogP contribution in [0.4, 0.5) is 5.82 Å². The summed E-state index contributed by atoms with van der Waals surface area (Å²) in [6.45, 7) is 3.67. The summed E-state index contributed by atoms with van der Waals surface area (Å²) in [4.78, 5) is 4.14. The van der Waals surface area contributed by atoms with Gasteiger partial charge in [0.15, 0.2) is 0 Å². The molecule has 0 amide bonds. The molecule has 0 unspecified atom stereocenters. The Morgan fingerprint density at radius 2 is 2.13 bits per heavy atom. The van der Waals surface area contributed by atoms with Gasteiger partial charge >= 0.3 is 0 Å². The van der Waals surface area contributed by atoms with Gasteiger partial charge in [-0.2, -0.15) is 0 Å². The van der Waals surface area contributed by atoms with Crippen molar-refractivity contribution in [2.24, 2.45) is 0 Å². The lowest BCUT2D eigenvalue weighted by atomic mass is 10.4. The van der Waals surface area contributed by atoms with E-state index in [1.807, 2.05) is 19.9 Å². The third-order valence-electron chi connectivity index (χ3n) is 1.75. The second-order valence-electron chi connectivity index (χ2n) is 3.18. The highest BCUT2D eigenvalue weighted by atomic mass is 127. The molecular formula is C9H13IN2O2S. The molecule has 15 heavy (non-hydrogen) atoms. The lowest BCUT2D eigenvalue weighted by molar-refractivity contribution is 0.599. The molecule has 1 aromatic rings. The van der Waals surface area contributed by atoms with Gasteiger partial charge in [0, 0.05) is 3.57 Å². The predicted molar refractivity (Wildman–Crippen MR) is 69.4 cm³/mol. The fourth-order valence-electron chi connectivity index (χ4n) is 1.08. The van der Waals surface area contributed by atoms with Gasteiger partial charge in [-0.3, -0.25) is 4.72 Å². The highest BCUT2D eigenvalue weighted by Gasteiger charge is 2.09. The van der Waals surface area contributed by atoms with Crippen molar-refractivity contribution < 1.29 is 8.42 Å². The van der Waals surface area contributed by atoms with Gasteiger partial charge in [-0.15, -0.1) is 0 Å². The number of nitrogens with one attached hydrogen (secondary N) is 1. The van der Waals surface area contributed by atoms with Crippen LogP contribution in [0.3, 0.4) is 0 Å². The molecule has 0 aliphatic carbocycles. The molecule has 0 bridgehead atoms. The number of anilines is 1. The Morgan fingerprint density at radius 1 is 1.47 bits per heavy atom. The van der Waals surface area contributed by atoms with E-state index < -0.39 is 10.0 Å². The molecule has 4 nitrogen and oxygen atoms in total. The van der Waals surface area contributed by atoms with Crippen molar-refractivity contribution in [2.45, 2.75) is 20.3 Å². The summed E-state index contributed by atoms with van der Waals surface area (Å²) in [5.41, 5.74) is 0.826. The van der Waals surface area contributed by atoms with Crippen molar-refractivity contribution in [1.29, 1.82) is 0 Å². The summed E-state index contributed by atoms with van der Waals surface area (Å²) in [6.07, 6.45) is 0.596. The average Bonchev–Trinajstić information content (AvgIpc) is 2.10. The second-order valence-corrected chi connectivity index (χ2v) is 6.19. The summed E-state index contributed by atoms with van der Waals surface area (Å²) in [5.74, 6) is 0.515. The fraction of sp³-hybridized carbons (Fsp3) is 0.444. The van der Waals surface area contributed by atoms with Gasteiger partial charge in [0.05, 0.1) is 11.4 Å². The van der Waals surface area contributed by atoms with Crippen molar-refractivity contribution in [3.8, 4) is 0 Å². The van der Waals surface area contributed by atoms with Gasteiger partial charge in [0.2, 0.25) is 10.0 Å². The third kappa shape index (κ3) is 3.94. The molecule has 6 heteroatoms. The van der Waals surface area contributed by atoms with E-state index in [1.165, 1.54) is 0 Å². The van der Waals surface area contributed by atoms with Crippen LogP contribution in [-0.4, -0.2) is 19.2 Å². The van der Waals surface area contributed by atoms with Crippen LogP contribution in [0.1, 0.15) is 19.0 Å². The monoisotopic (exact) mass is 340 g/mol. The van der Waals surface area contributed by atoms with E-state index in [0.29, 0.717) is 12.2 Å². The Kier molecular flexibility index (Phi) is 4.32. The van der Waals surface area contributed by atoms with Crippen molar-refractivity contribution in [3.05, 3.63) is 21.4 Å². The van der Waals surface area contributed by atoms with Crippen LogP contribution in [0.2, 0.25) is 0 Å². The number of pyridine rings is 1. The molecule has 0 spiro atoms. The minimum atomic E-state index is -3.23. The Hall–Kier alpha value is -0.370. The number of hydrogen-bond donors (Lipinski definition) is 1. The fourth-order valence-corrected chi connectivity index (χ4v) is 2.45. The average molecular weight is 340 g/mol. The first kappa shape index (κ1) is 12.7. The Bertz CT molecular complexity index is 445. The van der Waals surface area contributed by atoms with E-state index in [4.69, 9.17) is 0 Å². The van der Waals surface area contributed by atoms with Crippen LogP contribution < -0.4 is 4.72 Å². The summed E-state index contributed by atoms with van der Waals surface area (Å²) < 4.78 is 26.4. The maximum absolute atomic E-state index is 11.4. The maximum atomic E-state index is 11.4. The van der Waals surface area contributed by atoms with Crippen molar-refractivity contribution in [2.75, 3.05) is 10.5 Å². The molecule has 1 rings (SSSR count). The van der Waals surface area contributed by atoms with E-state index in [0.717, 1.165) is 9.26 Å². The van der Waals surface area contributed by atoms with Crippen molar-refractivity contribution in [3.63, 3.8) is 0 Å². The molecule has 0 atom stereocenters. The van der Waals surface area contributed by atoms with Gasteiger partial charge in [-0.05, 0) is 48.1 Å². The number of aryl methyl sites for hydroxylation is 1. The van der Waals surface area contributed by atoms with Crippen molar-refractivity contribution >= 4 is 38.4 Å². The van der Waals surface area contributed by atoms with Gasteiger partial charge < -0.3 is 0 Å². The molecule has 0 fully saturated rings. The number of rotatable bonds is 4. The Balaban J connectivity index is 2.86. The summed E-state index contributed by atoms with van der Waals surface area (Å²) in [6, 6.07) is 3.51. The summed E-state index contributed by atoms with van der Waals surface area (Å²) >= 11 is 2.16. The Morgan fingerprint density at radius 3 is 2.67 bits per heavy atom. The van der Waals surface area contributed by atoms with Gasteiger partial charge in [0.25, 0.3) is 0 Å². The van der Waals surface area contributed by atoms with Crippen LogP contribution in [0.5, 0.6) is 0 Å². The zero-order valence-corrected chi connectivity index (χ0v) is 11.6. The summed E-state index contributed by atoms with van der Waals surface area (Å²) in [5, 5.41) is 0. The molecule has 0 saturated carbocycles. The molecule has 1 N–H and O–H groups in total. The first-order valence-corrected chi connectivity index (χ1v) is 7.31. The molecule has 0 saturated heterocycles. The Labute approximate surface area is 104 Å². The van der Waals surface area contributed by atoms with Crippen LogP contribution in [0, 0.1) is 10.5 Å². The zero-order chi connectivity index (χ0) is 11.5. The zero-order valence-electron chi connectivity index (χ0n) is 8.62.